The third-order valence-corrected chi connectivity index (χ3v) is 2.96. The highest BCUT2D eigenvalue weighted by molar-refractivity contribution is 5.46. The first-order valence-corrected chi connectivity index (χ1v) is 7.51. The maximum Gasteiger partial charge on any atom is 0.165 e. The van der Waals surface area contributed by atoms with Crippen molar-refractivity contribution in [1.82, 2.24) is 5.32 Å². The van der Waals surface area contributed by atoms with Gasteiger partial charge in [0.25, 0.3) is 0 Å². The van der Waals surface area contributed by atoms with Gasteiger partial charge in [0.1, 0.15) is 0 Å². The van der Waals surface area contributed by atoms with Crippen molar-refractivity contribution >= 4 is 0 Å². The standard InChI is InChI=1S/C16H27NO4/c1-3-20-15-8-6-7-14(13-17-9-12-19-2)16(15)21-11-5-4-10-18/h6-8,17-18H,3-5,9-13H2,1-2H3. The van der Waals surface area contributed by atoms with Crippen LogP contribution >= 0.6 is 0 Å². The SMILES string of the molecule is CCOc1cccc(CNCCOC)c1OCCCCO. The van der Waals surface area contributed by atoms with Crippen LogP contribution in [0.5, 0.6) is 11.5 Å². The van der Waals surface area contributed by atoms with Crippen LogP contribution < -0.4 is 14.8 Å². The number of rotatable bonds is 12. The van der Waals surface area contributed by atoms with E-state index in [9.17, 15) is 0 Å². The molecule has 0 bridgehead atoms. The molecule has 0 heterocycles. The van der Waals surface area contributed by atoms with E-state index < -0.39 is 0 Å². The van der Waals surface area contributed by atoms with E-state index in [1.165, 1.54) is 0 Å². The van der Waals surface area contributed by atoms with Crippen LogP contribution in [-0.4, -0.2) is 45.2 Å². The van der Waals surface area contributed by atoms with Crippen molar-refractivity contribution in [2.45, 2.75) is 26.3 Å². The third kappa shape index (κ3) is 6.80. The summed E-state index contributed by atoms with van der Waals surface area (Å²) in [6.07, 6.45) is 1.58. The summed E-state index contributed by atoms with van der Waals surface area (Å²) in [5.41, 5.74) is 1.07. The van der Waals surface area contributed by atoms with Crippen molar-refractivity contribution in [2.24, 2.45) is 0 Å². The smallest absolute Gasteiger partial charge is 0.165 e. The predicted molar refractivity (Wildman–Crippen MR) is 83.0 cm³/mol. The van der Waals surface area contributed by atoms with E-state index in [0.29, 0.717) is 26.4 Å². The van der Waals surface area contributed by atoms with Crippen LogP contribution in [-0.2, 0) is 11.3 Å². The average Bonchev–Trinajstić information content (AvgIpc) is 2.50. The topological polar surface area (TPSA) is 60.0 Å². The second kappa shape index (κ2) is 11.4. The maximum absolute atomic E-state index is 8.82. The lowest BCUT2D eigenvalue weighted by Crippen LogP contribution is -2.19. The fraction of sp³-hybridized carbons (Fsp3) is 0.625. The van der Waals surface area contributed by atoms with Gasteiger partial charge in [-0.3, -0.25) is 0 Å². The molecule has 0 aliphatic rings. The van der Waals surface area contributed by atoms with Crippen LogP contribution in [0.4, 0.5) is 0 Å². The molecule has 5 heteroatoms. The Balaban J connectivity index is 2.66. The first kappa shape index (κ1) is 17.8. The van der Waals surface area contributed by atoms with Gasteiger partial charge in [-0.15, -0.1) is 0 Å². The van der Waals surface area contributed by atoms with Gasteiger partial charge in [0.15, 0.2) is 11.5 Å². The Morgan fingerprint density at radius 3 is 2.71 bits per heavy atom. The zero-order valence-electron chi connectivity index (χ0n) is 13.1. The Labute approximate surface area is 127 Å². The van der Waals surface area contributed by atoms with E-state index in [4.69, 9.17) is 19.3 Å². The van der Waals surface area contributed by atoms with E-state index in [-0.39, 0.29) is 6.61 Å². The van der Waals surface area contributed by atoms with E-state index >= 15 is 0 Å². The van der Waals surface area contributed by atoms with E-state index in [1.54, 1.807) is 7.11 Å². The van der Waals surface area contributed by atoms with Gasteiger partial charge in [-0.05, 0) is 25.8 Å². The maximum atomic E-state index is 8.82. The summed E-state index contributed by atoms with van der Waals surface area (Å²) in [5, 5.41) is 12.1. The lowest BCUT2D eigenvalue weighted by molar-refractivity contribution is 0.198. The molecule has 5 nitrogen and oxygen atoms in total. The second-order valence-electron chi connectivity index (χ2n) is 4.63. The van der Waals surface area contributed by atoms with Crippen molar-refractivity contribution in [3.8, 4) is 11.5 Å². The summed E-state index contributed by atoms with van der Waals surface area (Å²) in [6, 6.07) is 5.92. The second-order valence-corrected chi connectivity index (χ2v) is 4.63. The molecule has 1 aromatic carbocycles. The fourth-order valence-corrected chi connectivity index (χ4v) is 1.92. The zero-order valence-corrected chi connectivity index (χ0v) is 13.1. The molecule has 0 aliphatic heterocycles. The number of aliphatic hydroxyl groups is 1. The van der Waals surface area contributed by atoms with Crippen LogP contribution in [0.15, 0.2) is 18.2 Å². The van der Waals surface area contributed by atoms with E-state index in [1.807, 2.05) is 25.1 Å². The number of nitrogens with one attached hydrogen (secondary N) is 1. The number of hydrogen-bond donors (Lipinski definition) is 2. The van der Waals surface area contributed by atoms with Crippen molar-refractivity contribution in [3.63, 3.8) is 0 Å². The van der Waals surface area contributed by atoms with Crippen LogP contribution in [0.3, 0.4) is 0 Å². The molecular formula is C16H27NO4. The van der Waals surface area contributed by atoms with Crippen LogP contribution in [0, 0.1) is 0 Å². The molecule has 0 atom stereocenters. The molecule has 1 aromatic rings. The van der Waals surface area contributed by atoms with Crippen molar-refractivity contribution in [3.05, 3.63) is 23.8 Å². The summed E-state index contributed by atoms with van der Waals surface area (Å²) < 4.78 is 16.5. The highest BCUT2D eigenvalue weighted by Gasteiger charge is 2.10. The molecule has 0 saturated carbocycles. The molecular weight excluding hydrogens is 270 g/mol. The number of para-hydroxylation sites is 1. The first-order chi connectivity index (χ1) is 10.3. The van der Waals surface area contributed by atoms with Gasteiger partial charge in [0.05, 0.1) is 19.8 Å². The highest BCUT2D eigenvalue weighted by Crippen LogP contribution is 2.31. The number of methoxy groups -OCH3 is 1. The van der Waals surface area contributed by atoms with Crippen molar-refractivity contribution < 1.29 is 19.3 Å². The summed E-state index contributed by atoms with van der Waals surface area (Å²) >= 11 is 0. The minimum atomic E-state index is 0.196. The van der Waals surface area contributed by atoms with Crippen molar-refractivity contribution in [1.29, 1.82) is 0 Å². The Hall–Kier alpha value is -1.30. The Kier molecular flexibility index (Phi) is 9.61. The third-order valence-electron chi connectivity index (χ3n) is 2.96. The van der Waals surface area contributed by atoms with Gasteiger partial charge in [0.2, 0.25) is 0 Å². The van der Waals surface area contributed by atoms with Crippen LogP contribution in [0.2, 0.25) is 0 Å². The monoisotopic (exact) mass is 297 g/mol. The molecule has 0 fully saturated rings. The number of benzene rings is 1. The molecule has 2 N–H and O–H groups in total. The number of unbranched alkanes of at least 4 members (excludes halogenated alkanes) is 1. The van der Waals surface area contributed by atoms with Gasteiger partial charge < -0.3 is 24.6 Å². The van der Waals surface area contributed by atoms with Gasteiger partial charge in [-0.25, -0.2) is 0 Å². The molecule has 21 heavy (non-hydrogen) atoms. The zero-order chi connectivity index (χ0) is 15.3. The summed E-state index contributed by atoms with van der Waals surface area (Å²) in [7, 11) is 1.69. The lowest BCUT2D eigenvalue weighted by atomic mass is 10.2. The van der Waals surface area contributed by atoms with Gasteiger partial charge in [-0.1, -0.05) is 12.1 Å². The molecule has 0 spiro atoms. The van der Waals surface area contributed by atoms with Gasteiger partial charge in [0, 0.05) is 32.4 Å². The lowest BCUT2D eigenvalue weighted by Gasteiger charge is -2.16. The fourth-order valence-electron chi connectivity index (χ4n) is 1.92. The summed E-state index contributed by atoms with van der Waals surface area (Å²) in [4.78, 5) is 0. The van der Waals surface area contributed by atoms with Crippen LogP contribution in [0.1, 0.15) is 25.3 Å². The molecule has 0 unspecified atom stereocenters. The van der Waals surface area contributed by atoms with Gasteiger partial charge >= 0.3 is 0 Å². The number of aliphatic hydroxyl groups excluding tert-OH is 1. The Morgan fingerprint density at radius 2 is 2.00 bits per heavy atom. The molecule has 0 aliphatic carbocycles. The Bertz CT molecular complexity index is 385. The average molecular weight is 297 g/mol. The molecule has 1 rings (SSSR count). The van der Waals surface area contributed by atoms with Gasteiger partial charge in [-0.2, -0.15) is 0 Å². The summed E-state index contributed by atoms with van der Waals surface area (Å²) in [6.45, 7) is 5.51. The number of hydrogen-bond acceptors (Lipinski definition) is 5. The molecule has 0 aromatic heterocycles. The highest BCUT2D eigenvalue weighted by atomic mass is 16.5. The summed E-state index contributed by atoms with van der Waals surface area (Å²) in [5.74, 6) is 1.56. The quantitative estimate of drug-likeness (QED) is 0.578. The normalized spacial score (nSPS) is 10.6. The molecule has 0 radical (unpaired) electrons. The van der Waals surface area contributed by atoms with E-state index in [2.05, 4.69) is 5.32 Å². The Morgan fingerprint density at radius 1 is 1.14 bits per heavy atom. The van der Waals surface area contributed by atoms with Crippen molar-refractivity contribution in [2.75, 3.05) is 40.1 Å². The molecule has 0 amide bonds. The predicted octanol–water partition coefficient (Wildman–Crippen LogP) is 1.97. The minimum absolute atomic E-state index is 0.196. The first-order valence-electron chi connectivity index (χ1n) is 7.51. The minimum Gasteiger partial charge on any atom is -0.490 e. The largest absolute Gasteiger partial charge is 0.490 e. The van der Waals surface area contributed by atoms with Crippen LogP contribution in [0.25, 0.3) is 0 Å². The molecule has 0 saturated heterocycles. The number of ether oxygens (including phenoxy) is 3. The van der Waals surface area contributed by atoms with E-state index in [0.717, 1.165) is 36.4 Å². The molecule has 120 valence electrons.